The zero-order valence-corrected chi connectivity index (χ0v) is 13.3. The molecule has 0 amide bonds. The van der Waals surface area contributed by atoms with Gasteiger partial charge in [0.2, 0.25) is 0 Å². The molecule has 0 heterocycles. The third-order valence-corrected chi connectivity index (χ3v) is 2.80. The maximum Gasteiger partial charge on any atom is 0.339 e. The molecular formula is C16H22O7. The molecule has 0 aliphatic carbocycles. The van der Waals surface area contributed by atoms with Gasteiger partial charge < -0.3 is 24.1 Å². The molecule has 1 aromatic carbocycles. The first-order chi connectivity index (χ1) is 11.1. The van der Waals surface area contributed by atoms with Crippen molar-refractivity contribution >= 4 is 11.9 Å². The summed E-state index contributed by atoms with van der Waals surface area (Å²) < 4.78 is 20.9. The highest BCUT2D eigenvalue weighted by atomic mass is 16.7. The van der Waals surface area contributed by atoms with Crippen LogP contribution in [0, 0.1) is 0 Å². The number of rotatable bonds is 11. The van der Waals surface area contributed by atoms with E-state index in [1.165, 1.54) is 12.1 Å². The van der Waals surface area contributed by atoms with E-state index in [-0.39, 0.29) is 30.9 Å². The molecule has 0 aliphatic heterocycles. The molecule has 0 saturated carbocycles. The number of hydrogen-bond acceptors (Lipinski definition) is 6. The number of carbonyl (C=O) groups excluding carboxylic acids is 1. The van der Waals surface area contributed by atoms with Crippen molar-refractivity contribution < 1.29 is 33.6 Å². The largest absolute Gasteiger partial charge is 0.478 e. The Morgan fingerprint density at radius 3 is 2.22 bits per heavy atom. The lowest BCUT2D eigenvalue weighted by Crippen LogP contribution is -2.25. The lowest BCUT2D eigenvalue weighted by Gasteiger charge is -2.16. The van der Waals surface area contributed by atoms with Gasteiger partial charge in [0.1, 0.15) is 6.61 Å². The van der Waals surface area contributed by atoms with Crippen LogP contribution in [0.15, 0.2) is 24.3 Å². The number of ether oxygens (including phenoxy) is 4. The van der Waals surface area contributed by atoms with Crippen molar-refractivity contribution in [3.63, 3.8) is 0 Å². The van der Waals surface area contributed by atoms with Crippen molar-refractivity contribution in [1.29, 1.82) is 0 Å². The molecule has 0 aliphatic rings. The van der Waals surface area contributed by atoms with Crippen LogP contribution in [0.5, 0.6) is 0 Å². The Hall–Kier alpha value is -1.96. The fraction of sp³-hybridized carbons (Fsp3) is 0.500. The summed E-state index contributed by atoms with van der Waals surface area (Å²) in [6.07, 6.45) is -0.451. The third kappa shape index (κ3) is 6.77. The van der Waals surface area contributed by atoms with Crippen molar-refractivity contribution in [2.24, 2.45) is 0 Å². The highest BCUT2D eigenvalue weighted by Gasteiger charge is 2.16. The first-order valence-corrected chi connectivity index (χ1v) is 7.40. The first-order valence-electron chi connectivity index (χ1n) is 7.40. The van der Waals surface area contributed by atoms with Gasteiger partial charge in [0.15, 0.2) is 6.29 Å². The van der Waals surface area contributed by atoms with E-state index in [2.05, 4.69) is 0 Å². The van der Waals surface area contributed by atoms with E-state index in [0.29, 0.717) is 13.2 Å². The average molecular weight is 326 g/mol. The van der Waals surface area contributed by atoms with Crippen molar-refractivity contribution in [3.8, 4) is 0 Å². The zero-order valence-electron chi connectivity index (χ0n) is 13.3. The van der Waals surface area contributed by atoms with Crippen LogP contribution < -0.4 is 0 Å². The number of carboxylic acids is 1. The molecule has 128 valence electrons. The minimum atomic E-state index is -1.18. The van der Waals surface area contributed by atoms with Gasteiger partial charge >= 0.3 is 11.9 Å². The molecule has 0 fully saturated rings. The molecule has 0 aromatic heterocycles. The van der Waals surface area contributed by atoms with Crippen LogP contribution in [0.2, 0.25) is 0 Å². The van der Waals surface area contributed by atoms with Crippen LogP contribution in [-0.2, 0) is 18.9 Å². The topological polar surface area (TPSA) is 91.3 Å². The maximum atomic E-state index is 11.9. The molecule has 0 radical (unpaired) electrons. The van der Waals surface area contributed by atoms with Gasteiger partial charge in [-0.05, 0) is 26.0 Å². The monoisotopic (exact) mass is 326 g/mol. The van der Waals surface area contributed by atoms with E-state index in [0.717, 1.165) is 0 Å². The van der Waals surface area contributed by atoms with Gasteiger partial charge in [-0.1, -0.05) is 12.1 Å². The van der Waals surface area contributed by atoms with Gasteiger partial charge in [-0.2, -0.15) is 0 Å². The summed E-state index contributed by atoms with van der Waals surface area (Å²) in [5, 5.41) is 9.03. The molecule has 1 N–H and O–H groups in total. The first kappa shape index (κ1) is 19.1. The Balaban J connectivity index is 2.36. The Kier molecular flexibility index (Phi) is 8.89. The van der Waals surface area contributed by atoms with E-state index in [9.17, 15) is 9.59 Å². The summed E-state index contributed by atoms with van der Waals surface area (Å²) in [4.78, 5) is 22.9. The zero-order chi connectivity index (χ0) is 17.1. The van der Waals surface area contributed by atoms with Crippen LogP contribution in [0.3, 0.4) is 0 Å². The van der Waals surface area contributed by atoms with Gasteiger partial charge in [0, 0.05) is 13.2 Å². The molecular weight excluding hydrogens is 304 g/mol. The predicted octanol–water partition coefficient (Wildman–Crippen LogP) is 1.96. The summed E-state index contributed by atoms with van der Waals surface area (Å²) >= 11 is 0. The lowest BCUT2D eigenvalue weighted by molar-refractivity contribution is -0.168. The highest BCUT2D eigenvalue weighted by Crippen LogP contribution is 2.10. The maximum absolute atomic E-state index is 11.9. The van der Waals surface area contributed by atoms with Gasteiger partial charge in [-0.25, -0.2) is 9.59 Å². The smallest absolute Gasteiger partial charge is 0.339 e. The van der Waals surface area contributed by atoms with E-state index in [4.69, 9.17) is 24.1 Å². The summed E-state index contributed by atoms with van der Waals surface area (Å²) in [6, 6.07) is 5.89. The second kappa shape index (κ2) is 10.7. The Bertz CT molecular complexity index is 495. The lowest BCUT2D eigenvalue weighted by atomic mass is 10.1. The molecule has 1 aromatic rings. The summed E-state index contributed by atoms with van der Waals surface area (Å²) in [5.41, 5.74) is -0.0762. The normalized spacial score (nSPS) is 10.7. The molecule has 0 unspecified atom stereocenters. The second-order valence-electron chi connectivity index (χ2n) is 4.40. The summed E-state index contributed by atoms with van der Waals surface area (Å²) in [5.74, 6) is -1.87. The quantitative estimate of drug-likeness (QED) is 0.377. The fourth-order valence-corrected chi connectivity index (χ4v) is 1.81. The minimum Gasteiger partial charge on any atom is -0.478 e. The predicted molar refractivity (Wildman–Crippen MR) is 81.5 cm³/mol. The third-order valence-electron chi connectivity index (χ3n) is 2.80. The van der Waals surface area contributed by atoms with Crippen LogP contribution in [0.25, 0.3) is 0 Å². The molecule has 0 spiro atoms. The minimum absolute atomic E-state index is 0.0117. The molecule has 7 nitrogen and oxygen atoms in total. The van der Waals surface area contributed by atoms with Crippen LogP contribution in [0.4, 0.5) is 0 Å². The number of carboxylic acid groups (broad SMARTS) is 1. The number of esters is 1. The Morgan fingerprint density at radius 2 is 1.65 bits per heavy atom. The van der Waals surface area contributed by atoms with E-state index in [1.54, 1.807) is 12.1 Å². The number of benzene rings is 1. The van der Waals surface area contributed by atoms with Crippen LogP contribution in [-0.4, -0.2) is 56.4 Å². The van der Waals surface area contributed by atoms with Gasteiger partial charge in [0.25, 0.3) is 0 Å². The van der Waals surface area contributed by atoms with Gasteiger partial charge in [-0.15, -0.1) is 0 Å². The molecule has 1 rings (SSSR count). The molecule has 0 bridgehead atoms. The molecule has 23 heavy (non-hydrogen) atoms. The van der Waals surface area contributed by atoms with Gasteiger partial charge in [0.05, 0.1) is 24.3 Å². The van der Waals surface area contributed by atoms with Crippen LogP contribution >= 0.6 is 0 Å². The van der Waals surface area contributed by atoms with Crippen molar-refractivity contribution in [3.05, 3.63) is 35.4 Å². The molecule has 7 heteroatoms. The molecule has 0 atom stereocenters. The van der Waals surface area contributed by atoms with Crippen molar-refractivity contribution in [2.75, 3.05) is 33.0 Å². The van der Waals surface area contributed by atoms with E-state index < -0.39 is 18.2 Å². The second-order valence-corrected chi connectivity index (χ2v) is 4.40. The van der Waals surface area contributed by atoms with Crippen molar-refractivity contribution in [2.45, 2.75) is 20.1 Å². The SMILES string of the molecule is CCOC(COCCOC(=O)c1ccccc1C(=O)O)OCC. The van der Waals surface area contributed by atoms with Crippen molar-refractivity contribution in [1.82, 2.24) is 0 Å². The number of carbonyl (C=O) groups is 2. The summed E-state index contributed by atoms with van der Waals surface area (Å²) in [7, 11) is 0. The highest BCUT2D eigenvalue weighted by molar-refractivity contribution is 6.02. The molecule has 0 saturated heterocycles. The Labute approximate surface area is 135 Å². The summed E-state index contributed by atoms with van der Waals surface area (Å²) in [6.45, 7) is 5.13. The number of hydrogen-bond donors (Lipinski definition) is 1. The van der Waals surface area contributed by atoms with Crippen LogP contribution in [0.1, 0.15) is 34.6 Å². The Morgan fingerprint density at radius 1 is 1.04 bits per heavy atom. The van der Waals surface area contributed by atoms with E-state index >= 15 is 0 Å². The fourth-order valence-electron chi connectivity index (χ4n) is 1.81. The number of aromatic carboxylic acids is 1. The standard InChI is InChI=1S/C16H22O7/c1-3-21-14(22-4-2)11-20-9-10-23-16(19)13-8-6-5-7-12(13)15(17)18/h5-8,14H,3-4,9-11H2,1-2H3,(H,17,18). The average Bonchev–Trinajstić information content (AvgIpc) is 2.54. The van der Waals surface area contributed by atoms with E-state index in [1.807, 2.05) is 13.8 Å². The van der Waals surface area contributed by atoms with Gasteiger partial charge in [-0.3, -0.25) is 0 Å².